The van der Waals surface area contributed by atoms with Crippen molar-refractivity contribution in [2.45, 2.75) is 69.0 Å². The standard InChI is InChI=1S/C20H36N2O10/c1-2-3-4-5-6-7-21-19(27)28-8-14-15-16(31-12-29-14)17(32-13-30-15)18(26)22-20(9-23,10-24)11-25/h14-17,23-25H,2-13H2,1H3,(H,21,27)(H,22,26)/t14-,15-,16+,17-/m1/s1. The second-order valence-electron chi connectivity index (χ2n) is 7.97. The molecule has 0 aliphatic carbocycles. The fourth-order valence-electron chi connectivity index (χ4n) is 3.45. The highest BCUT2D eigenvalue weighted by molar-refractivity contribution is 5.82. The summed E-state index contributed by atoms with van der Waals surface area (Å²) in [4.78, 5) is 24.6. The monoisotopic (exact) mass is 464 g/mol. The minimum Gasteiger partial charge on any atom is -0.447 e. The number of carbonyl (C=O) groups is 2. The van der Waals surface area contributed by atoms with Gasteiger partial charge in [0.25, 0.3) is 5.91 Å². The van der Waals surface area contributed by atoms with E-state index >= 15 is 0 Å². The lowest BCUT2D eigenvalue weighted by molar-refractivity contribution is -0.320. The molecule has 2 heterocycles. The highest BCUT2D eigenvalue weighted by atomic mass is 16.8. The van der Waals surface area contributed by atoms with Crippen molar-refractivity contribution in [3.8, 4) is 0 Å². The van der Waals surface area contributed by atoms with Crippen LogP contribution in [-0.4, -0.2) is 104 Å². The highest BCUT2D eigenvalue weighted by Crippen LogP contribution is 2.26. The van der Waals surface area contributed by atoms with Crippen LogP contribution in [0.15, 0.2) is 0 Å². The van der Waals surface area contributed by atoms with E-state index in [0.29, 0.717) is 6.54 Å². The van der Waals surface area contributed by atoms with Crippen LogP contribution in [0, 0.1) is 0 Å². The molecule has 2 saturated heterocycles. The largest absolute Gasteiger partial charge is 0.447 e. The third kappa shape index (κ3) is 7.51. The summed E-state index contributed by atoms with van der Waals surface area (Å²) in [5.41, 5.74) is -1.60. The molecule has 0 spiro atoms. The summed E-state index contributed by atoms with van der Waals surface area (Å²) in [6.07, 6.45) is 1.39. The van der Waals surface area contributed by atoms with Crippen molar-refractivity contribution in [2.75, 3.05) is 46.6 Å². The maximum absolute atomic E-state index is 12.7. The van der Waals surface area contributed by atoms with E-state index in [4.69, 9.17) is 23.7 Å². The van der Waals surface area contributed by atoms with E-state index in [9.17, 15) is 24.9 Å². The molecule has 2 amide bonds. The van der Waals surface area contributed by atoms with Gasteiger partial charge in [-0.1, -0.05) is 32.6 Å². The Morgan fingerprint density at radius 3 is 2.28 bits per heavy atom. The van der Waals surface area contributed by atoms with Crippen molar-refractivity contribution in [2.24, 2.45) is 0 Å². The Kier molecular flexibility index (Phi) is 11.6. The van der Waals surface area contributed by atoms with Crippen LogP contribution in [0.4, 0.5) is 4.79 Å². The molecular weight excluding hydrogens is 428 g/mol. The molecule has 0 bridgehead atoms. The lowest BCUT2D eigenvalue weighted by Crippen LogP contribution is -2.65. The number of ether oxygens (including phenoxy) is 5. The van der Waals surface area contributed by atoms with Crippen LogP contribution >= 0.6 is 0 Å². The molecule has 12 heteroatoms. The summed E-state index contributed by atoms with van der Waals surface area (Å²) in [5.74, 6) is -0.692. The van der Waals surface area contributed by atoms with Crippen LogP contribution in [-0.2, 0) is 28.5 Å². The molecule has 2 aliphatic heterocycles. The van der Waals surface area contributed by atoms with Crippen molar-refractivity contribution in [3.63, 3.8) is 0 Å². The fraction of sp³-hybridized carbons (Fsp3) is 0.900. The Morgan fingerprint density at radius 1 is 0.938 bits per heavy atom. The summed E-state index contributed by atoms with van der Waals surface area (Å²) in [5, 5.41) is 33.4. The van der Waals surface area contributed by atoms with Gasteiger partial charge in [0.15, 0.2) is 6.10 Å². The van der Waals surface area contributed by atoms with E-state index in [1.54, 1.807) is 0 Å². The summed E-state index contributed by atoms with van der Waals surface area (Å²) >= 11 is 0. The molecule has 12 nitrogen and oxygen atoms in total. The summed E-state index contributed by atoms with van der Waals surface area (Å²) < 4.78 is 27.2. The van der Waals surface area contributed by atoms with E-state index in [-0.39, 0.29) is 20.2 Å². The van der Waals surface area contributed by atoms with Gasteiger partial charge in [-0.05, 0) is 6.42 Å². The van der Waals surface area contributed by atoms with Crippen molar-refractivity contribution < 1.29 is 48.6 Å². The molecule has 0 unspecified atom stereocenters. The first kappa shape index (κ1) is 26.7. The van der Waals surface area contributed by atoms with Gasteiger partial charge in [-0.25, -0.2) is 4.79 Å². The number of hydrogen-bond donors (Lipinski definition) is 5. The second-order valence-corrected chi connectivity index (χ2v) is 7.97. The maximum atomic E-state index is 12.7. The van der Waals surface area contributed by atoms with Gasteiger partial charge in [-0.15, -0.1) is 0 Å². The molecule has 0 saturated carbocycles. The van der Waals surface area contributed by atoms with Gasteiger partial charge < -0.3 is 49.6 Å². The molecule has 0 aromatic rings. The lowest BCUT2D eigenvalue weighted by atomic mass is 9.98. The minimum absolute atomic E-state index is 0.103. The molecule has 2 fully saturated rings. The number of alkyl carbamates (subject to hydrolysis) is 1. The van der Waals surface area contributed by atoms with Crippen LogP contribution in [0.2, 0.25) is 0 Å². The molecule has 0 aromatic heterocycles. The van der Waals surface area contributed by atoms with E-state index in [1.165, 1.54) is 6.42 Å². The zero-order valence-electron chi connectivity index (χ0n) is 18.5. The van der Waals surface area contributed by atoms with E-state index in [2.05, 4.69) is 17.6 Å². The Bertz CT molecular complexity index is 566. The van der Waals surface area contributed by atoms with E-state index in [1.807, 2.05) is 0 Å². The van der Waals surface area contributed by atoms with Crippen LogP contribution in [0.25, 0.3) is 0 Å². The minimum atomic E-state index is -1.60. The van der Waals surface area contributed by atoms with Crippen LogP contribution < -0.4 is 10.6 Å². The lowest BCUT2D eigenvalue weighted by Gasteiger charge is -2.44. The molecule has 5 N–H and O–H groups in total. The van der Waals surface area contributed by atoms with Crippen LogP contribution in [0.1, 0.15) is 39.0 Å². The number of aliphatic hydroxyl groups is 3. The first-order valence-electron chi connectivity index (χ1n) is 11.0. The number of unbranched alkanes of at least 4 members (excludes halogenated alkanes) is 4. The third-order valence-corrected chi connectivity index (χ3v) is 5.52. The molecule has 32 heavy (non-hydrogen) atoms. The summed E-state index contributed by atoms with van der Waals surface area (Å²) in [7, 11) is 0. The summed E-state index contributed by atoms with van der Waals surface area (Å²) in [6, 6.07) is 0. The van der Waals surface area contributed by atoms with Gasteiger partial charge in [0.1, 0.15) is 44.0 Å². The van der Waals surface area contributed by atoms with E-state index in [0.717, 1.165) is 25.7 Å². The predicted octanol–water partition coefficient (Wildman–Crippen LogP) is -1.00. The SMILES string of the molecule is CCCCCCCNC(=O)OC[C@H]1OCO[C@H]2[C@@H]1OCO[C@H]2C(=O)NC(CO)(CO)CO. The number of aliphatic hydroxyl groups excluding tert-OH is 3. The number of nitrogens with one attached hydrogen (secondary N) is 2. The topological polar surface area (TPSA) is 165 Å². The number of rotatable bonds is 13. The first-order chi connectivity index (χ1) is 15.5. The zero-order chi connectivity index (χ0) is 23.4. The first-order valence-corrected chi connectivity index (χ1v) is 11.0. The normalized spacial score (nSPS) is 25.6. The average Bonchev–Trinajstić information content (AvgIpc) is 2.83. The molecule has 0 radical (unpaired) electrons. The third-order valence-electron chi connectivity index (χ3n) is 5.52. The Hall–Kier alpha value is -1.54. The Labute approximate surface area is 187 Å². The quantitative estimate of drug-likeness (QED) is 0.213. The van der Waals surface area contributed by atoms with Crippen molar-refractivity contribution >= 4 is 12.0 Å². The van der Waals surface area contributed by atoms with Crippen molar-refractivity contribution in [1.29, 1.82) is 0 Å². The van der Waals surface area contributed by atoms with Gasteiger partial charge in [0.2, 0.25) is 0 Å². The van der Waals surface area contributed by atoms with Gasteiger partial charge >= 0.3 is 6.09 Å². The van der Waals surface area contributed by atoms with Gasteiger partial charge in [-0.2, -0.15) is 0 Å². The number of hydrogen-bond acceptors (Lipinski definition) is 10. The number of carbonyl (C=O) groups excluding carboxylic acids is 2. The van der Waals surface area contributed by atoms with Crippen LogP contribution in [0.5, 0.6) is 0 Å². The molecular formula is C20H36N2O10. The van der Waals surface area contributed by atoms with Crippen molar-refractivity contribution in [1.82, 2.24) is 10.6 Å². The zero-order valence-corrected chi connectivity index (χ0v) is 18.5. The molecule has 2 aliphatic rings. The molecule has 0 aromatic carbocycles. The van der Waals surface area contributed by atoms with Crippen LogP contribution in [0.3, 0.4) is 0 Å². The molecule has 4 atom stereocenters. The number of fused-ring (bicyclic) bond motifs is 1. The van der Waals surface area contributed by atoms with Gasteiger partial charge in [-0.3, -0.25) is 4.79 Å². The van der Waals surface area contributed by atoms with Gasteiger partial charge in [0.05, 0.1) is 19.8 Å². The summed E-state index contributed by atoms with van der Waals surface area (Å²) in [6.45, 7) is 0.146. The van der Waals surface area contributed by atoms with Gasteiger partial charge in [0, 0.05) is 6.54 Å². The molecule has 186 valence electrons. The average molecular weight is 465 g/mol. The second kappa shape index (κ2) is 13.9. The molecule has 2 rings (SSSR count). The Morgan fingerprint density at radius 2 is 1.59 bits per heavy atom. The van der Waals surface area contributed by atoms with Crippen molar-refractivity contribution in [3.05, 3.63) is 0 Å². The Balaban J connectivity index is 1.84. The maximum Gasteiger partial charge on any atom is 0.407 e. The number of amides is 2. The fourth-order valence-corrected chi connectivity index (χ4v) is 3.45. The predicted molar refractivity (Wildman–Crippen MR) is 109 cm³/mol. The smallest absolute Gasteiger partial charge is 0.407 e. The van der Waals surface area contributed by atoms with E-state index < -0.39 is 61.8 Å². The highest BCUT2D eigenvalue weighted by Gasteiger charge is 2.48.